The quantitative estimate of drug-likeness (QED) is 0.278. The number of rotatable bonds is 9. The number of hydrogen-bond donors (Lipinski definition) is 1. The van der Waals surface area contributed by atoms with Gasteiger partial charge < -0.3 is 14.7 Å². The van der Waals surface area contributed by atoms with Crippen molar-refractivity contribution in [2.75, 3.05) is 31.1 Å². The Morgan fingerprint density at radius 2 is 1.94 bits per heavy atom. The van der Waals surface area contributed by atoms with Crippen LogP contribution in [0.25, 0.3) is 0 Å². The number of esters is 1. The molecule has 6 heteroatoms. The van der Waals surface area contributed by atoms with Crippen LogP contribution in [-0.4, -0.2) is 65.1 Å². The smallest absolute Gasteiger partial charge is 0.316 e. The van der Waals surface area contributed by atoms with Gasteiger partial charge in [0.2, 0.25) is 0 Å². The van der Waals surface area contributed by atoms with E-state index in [4.69, 9.17) is 4.74 Å². The summed E-state index contributed by atoms with van der Waals surface area (Å²) in [6.07, 6.45) is 4.56. The van der Waals surface area contributed by atoms with E-state index in [-0.39, 0.29) is 23.2 Å². The number of thioether (sulfide) groups is 1. The van der Waals surface area contributed by atoms with Crippen molar-refractivity contribution >= 4 is 23.5 Å². The van der Waals surface area contributed by atoms with Crippen LogP contribution in [0.1, 0.15) is 73.6 Å². The highest BCUT2D eigenvalue weighted by atomic mass is 32.2. The molecule has 0 amide bonds. The lowest BCUT2D eigenvalue weighted by Crippen LogP contribution is -2.63. The summed E-state index contributed by atoms with van der Waals surface area (Å²) in [5, 5.41) is 11.6. The Morgan fingerprint density at radius 1 is 1.26 bits per heavy atom. The molecule has 34 heavy (non-hydrogen) atoms. The van der Waals surface area contributed by atoms with Gasteiger partial charge in [-0.25, -0.2) is 0 Å². The minimum atomic E-state index is -0.631. The zero-order valence-electron chi connectivity index (χ0n) is 22.3. The monoisotopic (exact) mass is 493 g/mol. The molecular weight excluding hydrogens is 446 g/mol. The van der Waals surface area contributed by atoms with E-state index >= 15 is 0 Å². The first-order valence-corrected chi connectivity index (χ1v) is 14.5. The predicted molar refractivity (Wildman–Crippen MR) is 140 cm³/mol. The van der Waals surface area contributed by atoms with E-state index in [1.165, 1.54) is 0 Å². The fraction of sp³-hybridized carbons (Fsp3) is 0.857. The summed E-state index contributed by atoms with van der Waals surface area (Å²) >= 11 is 1.61. The predicted octanol–water partition coefficient (Wildman–Crippen LogP) is 4.97. The summed E-state index contributed by atoms with van der Waals surface area (Å²) in [5.41, 5.74) is -1.25. The second-order valence-corrected chi connectivity index (χ2v) is 12.8. The second-order valence-electron chi connectivity index (χ2n) is 11.7. The van der Waals surface area contributed by atoms with Crippen molar-refractivity contribution in [2.24, 2.45) is 34.0 Å². The van der Waals surface area contributed by atoms with Crippen LogP contribution in [0.2, 0.25) is 0 Å². The number of aliphatic hydroxyl groups excluding tert-OH is 1. The number of Topliss-reactive ketones (excluding diaryl/α,β-unsaturated/α-hetero) is 1. The third-order valence-corrected chi connectivity index (χ3v) is 11.0. The SMILES string of the molecule is C=CC1(C)CC(OC(=O)CSCCN(CC)CC)C2(C)CCC(C)C3(CCC(=O)C23)C(C)C1O. The number of aliphatic hydroxyl groups is 1. The van der Waals surface area contributed by atoms with Crippen molar-refractivity contribution in [3.05, 3.63) is 12.7 Å². The fourth-order valence-electron chi connectivity index (χ4n) is 7.75. The van der Waals surface area contributed by atoms with Crippen molar-refractivity contribution in [1.82, 2.24) is 4.90 Å². The number of nitrogens with zero attached hydrogens (tertiary/aromatic N) is 1. The molecule has 3 rings (SSSR count). The Labute approximate surface area is 211 Å². The standard InChI is InChI=1S/C28H47NO4S/c1-8-26(6)17-22(33-23(31)18-34-16-15-29(9-2)10-3)27(7)13-11-19(4)28(20(5)25(26)32)14-12-21(30)24(27)28/h8,19-20,22,24-25,32H,1,9-18H2,2-7H3. The van der Waals surface area contributed by atoms with E-state index in [1.807, 2.05) is 13.0 Å². The van der Waals surface area contributed by atoms with Crippen LogP contribution in [-0.2, 0) is 14.3 Å². The van der Waals surface area contributed by atoms with E-state index < -0.39 is 23.0 Å². The summed E-state index contributed by atoms with van der Waals surface area (Å²) < 4.78 is 6.26. The van der Waals surface area contributed by atoms with Crippen LogP contribution in [0.5, 0.6) is 0 Å². The van der Waals surface area contributed by atoms with Gasteiger partial charge in [-0.1, -0.05) is 47.6 Å². The zero-order chi connectivity index (χ0) is 25.3. The topological polar surface area (TPSA) is 66.8 Å². The van der Waals surface area contributed by atoms with Gasteiger partial charge in [0.15, 0.2) is 0 Å². The Bertz CT molecular complexity index is 770. The largest absolute Gasteiger partial charge is 0.461 e. The third kappa shape index (κ3) is 4.64. The van der Waals surface area contributed by atoms with Crippen LogP contribution in [0, 0.1) is 34.0 Å². The van der Waals surface area contributed by atoms with Gasteiger partial charge in [0.25, 0.3) is 0 Å². The van der Waals surface area contributed by atoms with Crippen molar-refractivity contribution in [3.63, 3.8) is 0 Å². The molecule has 1 N–H and O–H groups in total. The maximum Gasteiger partial charge on any atom is 0.316 e. The Hall–Kier alpha value is -0.850. The molecule has 8 unspecified atom stereocenters. The van der Waals surface area contributed by atoms with Crippen molar-refractivity contribution in [2.45, 2.75) is 85.9 Å². The lowest BCUT2D eigenvalue weighted by atomic mass is 9.43. The first-order valence-electron chi connectivity index (χ1n) is 13.3. The molecule has 3 fully saturated rings. The molecule has 3 aliphatic carbocycles. The summed E-state index contributed by atoms with van der Waals surface area (Å²) in [6, 6.07) is 0. The molecular formula is C28H47NO4S. The molecule has 0 radical (unpaired) electrons. The van der Waals surface area contributed by atoms with Gasteiger partial charge in [-0.05, 0) is 56.0 Å². The van der Waals surface area contributed by atoms with Gasteiger partial charge >= 0.3 is 5.97 Å². The van der Waals surface area contributed by atoms with Crippen LogP contribution < -0.4 is 0 Å². The Balaban J connectivity index is 1.87. The van der Waals surface area contributed by atoms with E-state index in [0.717, 1.165) is 44.6 Å². The molecule has 3 aliphatic rings. The van der Waals surface area contributed by atoms with E-state index in [0.29, 0.717) is 30.3 Å². The Kier molecular flexibility index (Phi) is 8.68. The van der Waals surface area contributed by atoms with E-state index in [1.54, 1.807) is 11.8 Å². The van der Waals surface area contributed by atoms with Crippen molar-refractivity contribution in [1.29, 1.82) is 0 Å². The average Bonchev–Trinajstić information content (AvgIpc) is 3.19. The maximum atomic E-state index is 13.4. The molecule has 0 aromatic heterocycles. The molecule has 0 aliphatic heterocycles. The first-order chi connectivity index (χ1) is 16.0. The molecule has 3 saturated carbocycles. The lowest BCUT2D eigenvalue weighted by molar-refractivity contribution is -0.203. The second kappa shape index (κ2) is 10.6. The highest BCUT2D eigenvalue weighted by Crippen LogP contribution is 2.68. The summed E-state index contributed by atoms with van der Waals surface area (Å²) in [6.45, 7) is 20.0. The first kappa shape index (κ1) is 27.7. The van der Waals surface area contributed by atoms with Crippen LogP contribution in [0.15, 0.2) is 12.7 Å². The van der Waals surface area contributed by atoms with E-state index in [9.17, 15) is 14.7 Å². The van der Waals surface area contributed by atoms with Crippen molar-refractivity contribution in [3.8, 4) is 0 Å². The number of hydrogen-bond acceptors (Lipinski definition) is 6. The molecule has 0 aromatic carbocycles. The maximum absolute atomic E-state index is 13.4. The van der Waals surface area contributed by atoms with Gasteiger partial charge in [-0.2, -0.15) is 0 Å². The van der Waals surface area contributed by atoms with E-state index in [2.05, 4.69) is 46.1 Å². The van der Waals surface area contributed by atoms with Gasteiger partial charge in [0, 0.05) is 35.5 Å². The Morgan fingerprint density at radius 3 is 2.56 bits per heavy atom. The number of ketones is 1. The van der Waals surface area contributed by atoms with Crippen molar-refractivity contribution < 1.29 is 19.4 Å². The summed E-state index contributed by atoms with van der Waals surface area (Å²) in [5.74, 6) is 1.45. The molecule has 8 atom stereocenters. The zero-order valence-corrected chi connectivity index (χ0v) is 23.1. The molecule has 0 spiro atoms. The normalized spacial score (nSPS) is 42.1. The highest BCUT2D eigenvalue weighted by molar-refractivity contribution is 7.99. The highest BCUT2D eigenvalue weighted by Gasteiger charge is 2.68. The van der Waals surface area contributed by atoms with Gasteiger partial charge in [0.05, 0.1) is 11.9 Å². The molecule has 2 bridgehead atoms. The molecule has 194 valence electrons. The summed E-state index contributed by atoms with van der Waals surface area (Å²) in [7, 11) is 0. The van der Waals surface area contributed by atoms with Gasteiger partial charge in [0.1, 0.15) is 11.9 Å². The van der Waals surface area contributed by atoms with Gasteiger partial charge in [-0.3, -0.25) is 9.59 Å². The van der Waals surface area contributed by atoms with Gasteiger partial charge in [-0.15, -0.1) is 18.3 Å². The number of carbonyl (C=O) groups is 2. The molecule has 0 aromatic rings. The molecule has 0 saturated heterocycles. The number of ether oxygens (including phenoxy) is 1. The lowest BCUT2D eigenvalue weighted by Gasteiger charge is -2.62. The average molecular weight is 494 g/mol. The fourth-order valence-corrected chi connectivity index (χ4v) is 8.51. The third-order valence-electron chi connectivity index (χ3n) is 10.1. The van der Waals surface area contributed by atoms with Crippen LogP contribution in [0.3, 0.4) is 0 Å². The molecule has 0 heterocycles. The number of carbonyl (C=O) groups excluding carboxylic acids is 2. The molecule has 5 nitrogen and oxygen atoms in total. The summed E-state index contributed by atoms with van der Waals surface area (Å²) in [4.78, 5) is 28.8. The van der Waals surface area contributed by atoms with Crippen LogP contribution >= 0.6 is 11.8 Å². The van der Waals surface area contributed by atoms with Crippen LogP contribution in [0.4, 0.5) is 0 Å². The minimum absolute atomic E-state index is 0.0196. The minimum Gasteiger partial charge on any atom is -0.461 e.